The highest BCUT2D eigenvalue weighted by atomic mass is 19.1. The highest BCUT2D eigenvalue weighted by Gasteiger charge is 2.16. The van der Waals surface area contributed by atoms with E-state index in [9.17, 15) is 9.18 Å². The monoisotopic (exact) mass is 334 g/mol. The van der Waals surface area contributed by atoms with Gasteiger partial charge in [0.15, 0.2) is 0 Å². The van der Waals surface area contributed by atoms with Crippen LogP contribution in [0.3, 0.4) is 0 Å². The molecule has 0 aliphatic carbocycles. The van der Waals surface area contributed by atoms with Gasteiger partial charge in [0.25, 0.3) is 0 Å². The van der Waals surface area contributed by atoms with E-state index in [1.165, 1.54) is 6.07 Å². The van der Waals surface area contributed by atoms with Crippen molar-refractivity contribution in [2.75, 3.05) is 6.61 Å². The van der Waals surface area contributed by atoms with Gasteiger partial charge in [0.1, 0.15) is 11.6 Å². The molecule has 0 unspecified atom stereocenters. The summed E-state index contributed by atoms with van der Waals surface area (Å²) >= 11 is 0. The fourth-order valence-corrected chi connectivity index (χ4v) is 2.63. The van der Waals surface area contributed by atoms with Crippen LogP contribution in [0, 0.1) is 5.82 Å². The first kappa shape index (κ1) is 19.9. The molecule has 0 amide bonds. The smallest absolute Gasteiger partial charge is 0.434 e. The Bertz CT molecular complexity index is 693. The van der Waals surface area contributed by atoms with Crippen molar-refractivity contribution in [3.8, 4) is 5.75 Å². The van der Waals surface area contributed by atoms with Gasteiger partial charge in [0.2, 0.25) is 0 Å². The average Bonchev–Trinajstić information content (AvgIpc) is 2.56. The topological polar surface area (TPSA) is 35.5 Å². The number of aryl methyl sites for hydroxylation is 1. The van der Waals surface area contributed by atoms with Gasteiger partial charge in [0, 0.05) is 0 Å². The molecule has 0 saturated carbocycles. The number of carbonyl (C=O) groups is 1. The van der Waals surface area contributed by atoms with Crippen LogP contribution >= 0.6 is 0 Å². The number of benzene rings is 2. The summed E-state index contributed by atoms with van der Waals surface area (Å²) in [5.41, 5.74) is 1.66. The lowest BCUT2D eigenvalue weighted by molar-refractivity contribution is 0.104. The number of halogens is 1. The first-order valence-electron chi connectivity index (χ1n) is 8.57. The van der Waals surface area contributed by atoms with E-state index in [0.717, 1.165) is 16.3 Å². The van der Waals surface area contributed by atoms with Crippen molar-refractivity contribution >= 4 is 16.9 Å². The zero-order valence-corrected chi connectivity index (χ0v) is 15.4. The number of fused-ring (bicyclic) bond motifs is 1. The van der Waals surface area contributed by atoms with E-state index in [-0.39, 0.29) is 18.3 Å². The molecule has 0 spiro atoms. The molecule has 0 aliphatic heterocycles. The fourth-order valence-electron chi connectivity index (χ4n) is 2.63. The summed E-state index contributed by atoms with van der Waals surface area (Å²) in [4.78, 5) is 11.5. The number of carbonyl (C=O) groups excluding carboxylic acids is 1. The molecule has 0 aliphatic rings. The molecule has 2 rings (SSSR count). The zero-order valence-electron chi connectivity index (χ0n) is 15.4. The molecule has 0 saturated heterocycles. The van der Waals surface area contributed by atoms with E-state index in [1.807, 2.05) is 34.6 Å². The number of hydrogen-bond acceptors (Lipinski definition) is 3. The maximum atomic E-state index is 14.1. The van der Waals surface area contributed by atoms with E-state index in [4.69, 9.17) is 9.47 Å². The van der Waals surface area contributed by atoms with Gasteiger partial charge in [-0.25, -0.2) is 9.18 Å². The molecule has 0 bridgehead atoms. The van der Waals surface area contributed by atoms with Crippen molar-refractivity contribution in [3.05, 3.63) is 41.2 Å². The summed E-state index contributed by atoms with van der Waals surface area (Å²) in [7, 11) is 0. The van der Waals surface area contributed by atoms with E-state index in [1.54, 1.807) is 25.1 Å². The average molecular weight is 334 g/mol. The van der Waals surface area contributed by atoms with Crippen LogP contribution in [0.15, 0.2) is 24.3 Å². The highest BCUT2D eigenvalue weighted by molar-refractivity contribution is 5.91. The van der Waals surface area contributed by atoms with Crippen LogP contribution < -0.4 is 4.74 Å². The van der Waals surface area contributed by atoms with Gasteiger partial charge in [0.05, 0.1) is 6.61 Å². The number of rotatable bonds is 4. The van der Waals surface area contributed by atoms with Crippen molar-refractivity contribution < 1.29 is 18.7 Å². The lowest BCUT2D eigenvalue weighted by Gasteiger charge is -2.16. The maximum Gasteiger partial charge on any atom is 0.513 e. The molecule has 24 heavy (non-hydrogen) atoms. The summed E-state index contributed by atoms with van der Waals surface area (Å²) in [6.45, 7) is 12.0. The third-order valence-corrected chi connectivity index (χ3v) is 3.61. The molecule has 4 heteroatoms. The van der Waals surface area contributed by atoms with Gasteiger partial charge in [-0.2, -0.15) is 0 Å². The Labute approximate surface area is 143 Å². The Hall–Kier alpha value is -2.10. The minimum absolute atomic E-state index is 0.181. The van der Waals surface area contributed by atoms with Crippen molar-refractivity contribution in [2.24, 2.45) is 0 Å². The Morgan fingerprint density at radius 1 is 1.17 bits per heavy atom. The molecular weight excluding hydrogens is 307 g/mol. The van der Waals surface area contributed by atoms with Crippen LogP contribution in [-0.4, -0.2) is 12.8 Å². The molecule has 0 atom stereocenters. The van der Waals surface area contributed by atoms with E-state index in [2.05, 4.69) is 0 Å². The fraction of sp³-hybridized carbons (Fsp3) is 0.450. The first-order valence-corrected chi connectivity index (χ1v) is 8.57. The molecule has 0 radical (unpaired) electrons. The predicted octanol–water partition coefficient (Wildman–Crippen LogP) is 6.23. The van der Waals surface area contributed by atoms with Gasteiger partial charge < -0.3 is 9.47 Å². The Morgan fingerprint density at radius 3 is 2.38 bits per heavy atom. The number of ether oxygens (including phenoxy) is 2. The second-order valence-electron chi connectivity index (χ2n) is 5.43. The van der Waals surface area contributed by atoms with E-state index >= 15 is 0 Å². The van der Waals surface area contributed by atoms with Crippen LogP contribution in [0.4, 0.5) is 9.18 Å². The van der Waals surface area contributed by atoms with Crippen LogP contribution in [-0.2, 0) is 11.2 Å². The second kappa shape index (κ2) is 9.26. The Balaban J connectivity index is 0.00000139. The molecule has 0 aromatic heterocycles. The van der Waals surface area contributed by atoms with E-state index in [0.29, 0.717) is 17.7 Å². The normalized spacial score (nSPS) is 10.3. The maximum absolute atomic E-state index is 14.1. The molecule has 0 fully saturated rings. The van der Waals surface area contributed by atoms with Gasteiger partial charge in [-0.3, -0.25) is 0 Å². The summed E-state index contributed by atoms with van der Waals surface area (Å²) in [6, 6.07) is 6.71. The molecule has 132 valence electrons. The standard InChI is InChI=1S/C18H21FO3.C2H6/c1-5-14-16(19)8-7-12-9-13(22-18(20)21-6-2)10-15(11(3)4)17(12)14;1-2/h7-11H,5-6H2,1-4H3;1-2H3. The summed E-state index contributed by atoms with van der Waals surface area (Å²) in [5, 5.41) is 1.78. The molecule has 0 heterocycles. The quantitative estimate of drug-likeness (QED) is 0.491. The Kier molecular flexibility index (Phi) is 7.69. The van der Waals surface area contributed by atoms with Crippen LogP contribution in [0.1, 0.15) is 58.6 Å². The summed E-state index contributed by atoms with van der Waals surface area (Å²) in [5.74, 6) is 0.402. The van der Waals surface area contributed by atoms with Gasteiger partial charge in [-0.1, -0.05) is 40.7 Å². The minimum Gasteiger partial charge on any atom is -0.434 e. The van der Waals surface area contributed by atoms with Crippen molar-refractivity contribution in [1.82, 2.24) is 0 Å². The van der Waals surface area contributed by atoms with Gasteiger partial charge >= 0.3 is 6.16 Å². The summed E-state index contributed by atoms with van der Waals surface area (Å²) < 4.78 is 24.1. The van der Waals surface area contributed by atoms with Crippen LogP contribution in [0.2, 0.25) is 0 Å². The van der Waals surface area contributed by atoms with Gasteiger partial charge in [-0.05, 0) is 59.4 Å². The lowest BCUT2D eigenvalue weighted by atomic mass is 9.91. The minimum atomic E-state index is -0.727. The molecule has 0 N–H and O–H groups in total. The molecular formula is C20H27FO3. The third kappa shape index (κ3) is 4.47. The lowest BCUT2D eigenvalue weighted by Crippen LogP contribution is -2.10. The molecule has 2 aromatic rings. The highest BCUT2D eigenvalue weighted by Crippen LogP contribution is 2.34. The SMILES string of the molecule is CC.CCOC(=O)Oc1cc(C(C)C)c2c(CC)c(F)ccc2c1. The van der Waals surface area contributed by atoms with Crippen molar-refractivity contribution in [2.45, 2.75) is 53.9 Å². The van der Waals surface area contributed by atoms with Crippen LogP contribution in [0.5, 0.6) is 5.75 Å². The van der Waals surface area contributed by atoms with E-state index < -0.39 is 6.16 Å². The largest absolute Gasteiger partial charge is 0.513 e. The van der Waals surface area contributed by atoms with Crippen molar-refractivity contribution in [3.63, 3.8) is 0 Å². The molecule has 2 aromatic carbocycles. The zero-order chi connectivity index (χ0) is 18.3. The predicted molar refractivity (Wildman–Crippen MR) is 96.4 cm³/mol. The van der Waals surface area contributed by atoms with Gasteiger partial charge in [-0.15, -0.1) is 0 Å². The summed E-state index contributed by atoms with van der Waals surface area (Å²) in [6.07, 6.45) is -0.115. The third-order valence-electron chi connectivity index (χ3n) is 3.61. The van der Waals surface area contributed by atoms with Crippen molar-refractivity contribution in [1.29, 1.82) is 0 Å². The second-order valence-corrected chi connectivity index (χ2v) is 5.43. The first-order chi connectivity index (χ1) is 11.5. The van der Waals surface area contributed by atoms with Crippen LogP contribution in [0.25, 0.3) is 10.8 Å². The number of hydrogen-bond donors (Lipinski definition) is 0. The molecule has 3 nitrogen and oxygen atoms in total. The Morgan fingerprint density at radius 2 is 1.83 bits per heavy atom.